The lowest BCUT2D eigenvalue weighted by molar-refractivity contribution is 0.0310. The largest absolute Gasteiger partial charge is 0.508 e. The van der Waals surface area contributed by atoms with E-state index in [-0.39, 0.29) is 5.75 Å². The van der Waals surface area contributed by atoms with Gasteiger partial charge >= 0.3 is 0 Å². The number of aliphatic hydroxyl groups is 1. The topological polar surface area (TPSA) is 71.8 Å². The van der Waals surface area contributed by atoms with E-state index in [2.05, 4.69) is 4.98 Å². The van der Waals surface area contributed by atoms with Crippen LogP contribution in [0.3, 0.4) is 0 Å². The number of benzene rings is 1. The summed E-state index contributed by atoms with van der Waals surface area (Å²) in [6.45, 7) is 0.444. The molecular weight excluding hydrogens is 258 g/mol. The van der Waals surface area contributed by atoms with Gasteiger partial charge in [0, 0.05) is 18.2 Å². The number of rotatable bonds is 2. The molecule has 0 saturated carbocycles. The Balaban J connectivity index is 1.86. The first-order valence-corrected chi connectivity index (χ1v) is 6.44. The molecular formula is C15H15NO4. The Morgan fingerprint density at radius 2 is 2.20 bits per heavy atom. The predicted octanol–water partition coefficient (Wildman–Crippen LogP) is 2.05. The van der Waals surface area contributed by atoms with Gasteiger partial charge in [-0.2, -0.15) is 0 Å². The molecule has 2 heterocycles. The number of fused-ring (bicyclic) bond motifs is 1. The number of pyridine rings is 1. The van der Waals surface area contributed by atoms with E-state index >= 15 is 0 Å². The fraction of sp³-hybridized carbons (Fsp3) is 0.267. The van der Waals surface area contributed by atoms with Gasteiger partial charge in [0.25, 0.3) is 0 Å². The predicted molar refractivity (Wildman–Crippen MR) is 71.8 cm³/mol. The summed E-state index contributed by atoms with van der Waals surface area (Å²) >= 11 is 0. The summed E-state index contributed by atoms with van der Waals surface area (Å²) in [5.74, 6) is 1.26. The maximum Gasteiger partial charge on any atom is 0.138 e. The Morgan fingerprint density at radius 1 is 1.30 bits per heavy atom. The number of phenols is 1. The van der Waals surface area contributed by atoms with E-state index in [0.717, 1.165) is 0 Å². The summed E-state index contributed by atoms with van der Waals surface area (Å²) in [5.41, 5.74) is 0.538. The van der Waals surface area contributed by atoms with Gasteiger partial charge in [0.15, 0.2) is 0 Å². The average Bonchev–Trinajstić information content (AvgIpc) is 2.61. The zero-order chi connectivity index (χ0) is 13.9. The third kappa shape index (κ3) is 2.53. The van der Waals surface area contributed by atoms with Crippen molar-refractivity contribution >= 4 is 0 Å². The van der Waals surface area contributed by atoms with Gasteiger partial charge in [0.05, 0.1) is 12.8 Å². The lowest BCUT2D eigenvalue weighted by Gasteiger charge is -2.22. The van der Waals surface area contributed by atoms with Crippen LogP contribution in [0.4, 0.5) is 0 Å². The van der Waals surface area contributed by atoms with Gasteiger partial charge in [-0.15, -0.1) is 0 Å². The third-order valence-electron chi connectivity index (χ3n) is 3.25. The normalized spacial score (nSPS) is 21.4. The Kier molecular flexibility index (Phi) is 3.43. The Bertz CT molecular complexity index is 588. The van der Waals surface area contributed by atoms with E-state index in [1.54, 1.807) is 30.6 Å². The van der Waals surface area contributed by atoms with Gasteiger partial charge in [-0.25, -0.2) is 0 Å². The summed E-state index contributed by atoms with van der Waals surface area (Å²) in [6.07, 6.45) is 2.50. The van der Waals surface area contributed by atoms with Crippen molar-refractivity contribution in [2.75, 3.05) is 6.61 Å². The molecule has 5 heteroatoms. The number of aromatic nitrogens is 1. The summed E-state index contributed by atoms with van der Waals surface area (Å²) in [4.78, 5) is 3.98. The molecule has 0 fully saturated rings. The van der Waals surface area contributed by atoms with Crippen molar-refractivity contribution in [3.8, 4) is 17.2 Å². The lowest BCUT2D eigenvalue weighted by atomic mass is 10.0. The minimum atomic E-state index is -0.861. The lowest BCUT2D eigenvalue weighted by Crippen LogP contribution is -2.25. The highest BCUT2D eigenvalue weighted by Crippen LogP contribution is 2.35. The first-order chi connectivity index (χ1) is 9.74. The van der Waals surface area contributed by atoms with Crippen LogP contribution in [0.1, 0.15) is 18.1 Å². The van der Waals surface area contributed by atoms with Crippen molar-refractivity contribution < 1.29 is 19.7 Å². The smallest absolute Gasteiger partial charge is 0.138 e. The molecule has 0 amide bonds. The molecule has 1 aliphatic rings. The Hall–Kier alpha value is -2.27. The molecule has 0 radical (unpaired) electrons. The van der Waals surface area contributed by atoms with Crippen LogP contribution in [0, 0.1) is 0 Å². The molecule has 20 heavy (non-hydrogen) atoms. The molecule has 0 aliphatic carbocycles. The molecule has 2 aromatic rings. The molecule has 1 aromatic heterocycles. The summed E-state index contributed by atoms with van der Waals surface area (Å²) < 4.78 is 11.3. The number of phenolic OH excluding ortho intramolecular Hbond substituents is 1. The molecule has 0 spiro atoms. The number of hydrogen-bond donors (Lipinski definition) is 2. The second-order valence-corrected chi connectivity index (χ2v) is 4.65. The van der Waals surface area contributed by atoms with Crippen LogP contribution >= 0.6 is 0 Å². The van der Waals surface area contributed by atoms with Crippen LogP contribution in [-0.2, 0) is 0 Å². The maximum atomic E-state index is 10.5. The summed E-state index contributed by atoms with van der Waals surface area (Å²) in [6, 6.07) is 8.25. The molecule has 1 aliphatic heterocycles. The van der Waals surface area contributed by atoms with Crippen molar-refractivity contribution in [1.82, 2.24) is 4.98 Å². The highest BCUT2D eigenvalue weighted by Gasteiger charge is 2.29. The number of aromatic hydroxyl groups is 1. The zero-order valence-corrected chi connectivity index (χ0v) is 10.8. The Morgan fingerprint density at radius 3 is 3.00 bits per heavy atom. The molecule has 0 saturated heterocycles. The van der Waals surface area contributed by atoms with Crippen molar-refractivity contribution in [3.63, 3.8) is 0 Å². The molecule has 2 N–H and O–H groups in total. The van der Waals surface area contributed by atoms with Crippen LogP contribution in [0.25, 0.3) is 0 Å². The van der Waals surface area contributed by atoms with Gasteiger partial charge in [0.2, 0.25) is 0 Å². The zero-order valence-electron chi connectivity index (χ0n) is 10.8. The molecule has 5 nitrogen and oxygen atoms in total. The highest BCUT2D eigenvalue weighted by atomic mass is 16.5. The van der Waals surface area contributed by atoms with Gasteiger partial charge < -0.3 is 19.7 Å². The van der Waals surface area contributed by atoms with E-state index in [4.69, 9.17) is 9.47 Å². The minimum absolute atomic E-state index is 0.0911. The van der Waals surface area contributed by atoms with E-state index in [1.165, 1.54) is 12.1 Å². The number of aliphatic hydroxyl groups excluding tert-OH is 1. The average molecular weight is 273 g/mol. The van der Waals surface area contributed by atoms with Crippen molar-refractivity contribution in [1.29, 1.82) is 0 Å². The maximum absolute atomic E-state index is 10.5. The quantitative estimate of drug-likeness (QED) is 0.876. The van der Waals surface area contributed by atoms with Crippen molar-refractivity contribution in [2.24, 2.45) is 0 Å². The second-order valence-electron chi connectivity index (χ2n) is 4.65. The first kappa shape index (κ1) is 12.7. The highest BCUT2D eigenvalue weighted by molar-refractivity contribution is 5.42. The van der Waals surface area contributed by atoms with Crippen LogP contribution in [0.2, 0.25) is 0 Å². The summed E-state index contributed by atoms with van der Waals surface area (Å²) in [5, 5.41) is 20.0. The van der Waals surface area contributed by atoms with Gasteiger partial charge in [0.1, 0.15) is 29.5 Å². The molecule has 104 valence electrons. The van der Waals surface area contributed by atoms with Crippen LogP contribution < -0.4 is 9.47 Å². The molecule has 1 aromatic carbocycles. The summed E-state index contributed by atoms with van der Waals surface area (Å²) in [7, 11) is 0. The van der Waals surface area contributed by atoms with E-state index < -0.39 is 12.2 Å². The molecule has 0 bridgehead atoms. The number of ether oxygens (including phenoxy) is 2. The van der Waals surface area contributed by atoms with Crippen molar-refractivity contribution in [2.45, 2.75) is 18.6 Å². The van der Waals surface area contributed by atoms with Gasteiger partial charge in [-0.1, -0.05) is 0 Å². The SMILES string of the molecule is Oc1ccc2c(c1)C(O)C(Oc1cccnc1)CCO2. The molecule has 3 rings (SSSR count). The monoisotopic (exact) mass is 273 g/mol. The van der Waals surface area contributed by atoms with Crippen LogP contribution in [-0.4, -0.2) is 27.9 Å². The van der Waals surface area contributed by atoms with Crippen LogP contribution in [0.15, 0.2) is 42.7 Å². The van der Waals surface area contributed by atoms with Crippen molar-refractivity contribution in [3.05, 3.63) is 48.3 Å². The van der Waals surface area contributed by atoms with Crippen LogP contribution in [0.5, 0.6) is 17.2 Å². The van der Waals surface area contributed by atoms with E-state index in [1.807, 2.05) is 0 Å². The molecule has 2 unspecified atom stereocenters. The fourth-order valence-corrected chi connectivity index (χ4v) is 2.26. The first-order valence-electron chi connectivity index (χ1n) is 6.44. The standard InChI is InChI=1S/C15H15NO4/c17-10-3-4-13-12(8-10)15(18)14(5-7-19-13)20-11-2-1-6-16-9-11/h1-4,6,8-9,14-15,17-18H,5,7H2. The Labute approximate surface area is 116 Å². The number of hydrogen-bond acceptors (Lipinski definition) is 5. The second kappa shape index (κ2) is 5.38. The van der Waals surface area contributed by atoms with Gasteiger partial charge in [-0.3, -0.25) is 4.98 Å². The molecule has 2 atom stereocenters. The minimum Gasteiger partial charge on any atom is -0.508 e. The van der Waals surface area contributed by atoms with Gasteiger partial charge in [-0.05, 0) is 30.3 Å². The number of nitrogens with zero attached hydrogens (tertiary/aromatic N) is 1. The van der Waals surface area contributed by atoms with E-state index in [9.17, 15) is 10.2 Å². The van der Waals surface area contributed by atoms with E-state index in [0.29, 0.717) is 30.1 Å². The third-order valence-corrected chi connectivity index (χ3v) is 3.25. The fourth-order valence-electron chi connectivity index (χ4n) is 2.26.